The van der Waals surface area contributed by atoms with E-state index in [2.05, 4.69) is 10.3 Å². The zero-order chi connectivity index (χ0) is 18.7. The van der Waals surface area contributed by atoms with E-state index in [1.54, 1.807) is 19.1 Å². The maximum absolute atomic E-state index is 13.7. The number of aryl methyl sites for hydroxylation is 1. The van der Waals surface area contributed by atoms with Crippen molar-refractivity contribution < 1.29 is 18.8 Å². The number of nitrogens with zero attached hydrogens (tertiary/aromatic N) is 2. The topological polar surface area (TPSA) is 79.4 Å². The minimum Gasteiger partial charge on any atom is -0.349 e. The maximum Gasteiger partial charge on any atom is 0.293 e. The number of imide groups is 1. The first-order valence-corrected chi connectivity index (χ1v) is 9.29. The zero-order valence-corrected chi connectivity index (χ0v) is 15.3. The first kappa shape index (κ1) is 18.3. The van der Waals surface area contributed by atoms with Crippen LogP contribution >= 0.6 is 23.1 Å². The van der Waals surface area contributed by atoms with E-state index in [0.717, 1.165) is 21.7 Å². The van der Waals surface area contributed by atoms with Gasteiger partial charge in [0.05, 0.1) is 16.1 Å². The van der Waals surface area contributed by atoms with Crippen LogP contribution in [0.5, 0.6) is 0 Å². The van der Waals surface area contributed by atoms with Gasteiger partial charge in [0.2, 0.25) is 0 Å². The molecule has 3 amide bonds. The number of carbonyl (C=O) groups is 3. The van der Waals surface area contributed by atoms with E-state index >= 15 is 0 Å². The Bertz CT molecular complexity index is 910. The van der Waals surface area contributed by atoms with Crippen molar-refractivity contribution in [2.24, 2.45) is 0 Å². The number of halogens is 1. The Kier molecular flexibility index (Phi) is 5.48. The normalized spacial score (nSPS) is 15.8. The fourth-order valence-corrected chi connectivity index (χ4v) is 3.81. The summed E-state index contributed by atoms with van der Waals surface area (Å²) in [6, 6.07) is 6.01. The van der Waals surface area contributed by atoms with Gasteiger partial charge in [0.15, 0.2) is 0 Å². The summed E-state index contributed by atoms with van der Waals surface area (Å²) in [5.41, 5.74) is 0.242. The van der Waals surface area contributed by atoms with Crippen molar-refractivity contribution in [3.05, 3.63) is 56.6 Å². The van der Waals surface area contributed by atoms with E-state index in [9.17, 15) is 18.8 Å². The molecule has 0 bridgehead atoms. The Morgan fingerprint density at radius 1 is 1.35 bits per heavy atom. The molecule has 1 N–H and O–H groups in total. The Balaban J connectivity index is 1.61. The summed E-state index contributed by atoms with van der Waals surface area (Å²) in [7, 11) is 0. The van der Waals surface area contributed by atoms with Gasteiger partial charge in [-0.25, -0.2) is 9.37 Å². The minimum absolute atomic E-state index is 0.0444. The molecule has 0 atom stereocenters. The van der Waals surface area contributed by atoms with Crippen LogP contribution in [0, 0.1) is 12.7 Å². The largest absolute Gasteiger partial charge is 0.349 e. The lowest BCUT2D eigenvalue weighted by atomic mass is 10.2. The Labute approximate surface area is 157 Å². The molecule has 0 aliphatic carbocycles. The molecule has 3 rings (SSSR count). The number of aromatic nitrogens is 1. The molecule has 0 spiro atoms. The number of carbonyl (C=O) groups excluding carboxylic acids is 3. The molecule has 0 saturated carbocycles. The third-order valence-corrected chi connectivity index (χ3v) is 5.35. The monoisotopic (exact) mass is 391 g/mol. The Morgan fingerprint density at radius 3 is 2.81 bits per heavy atom. The maximum atomic E-state index is 13.7. The second-order valence-electron chi connectivity index (χ2n) is 5.35. The quantitative estimate of drug-likeness (QED) is 0.793. The van der Waals surface area contributed by atoms with Gasteiger partial charge in [-0.2, -0.15) is 0 Å². The van der Waals surface area contributed by atoms with Gasteiger partial charge in [0.25, 0.3) is 17.1 Å². The summed E-state index contributed by atoms with van der Waals surface area (Å²) < 4.78 is 13.7. The van der Waals surface area contributed by atoms with Crippen LogP contribution < -0.4 is 5.32 Å². The number of thioether (sulfide) groups is 1. The molecule has 1 aliphatic rings. The third-order valence-electron chi connectivity index (χ3n) is 3.53. The van der Waals surface area contributed by atoms with E-state index in [1.807, 2.05) is 0 Å². The van der Waals surface area contributed by atoms with Crippen LogP contribution in [-0.4, -0.2) is 40.0 Å². The standard InChI is InChI=1S/C17H14FN3O3S2/c1-10-20-9-14(25-10)15(22)19-6-7-21-16(23)13(26-17(21)24)8-11-4-2-3-5-12(11)18/h2-5,8-9H,6-7H2,1H3,(H,19,22)/b13-8-. The van der Waals surface area contributed by atoms with E-state index < -0.39 is 17.0 Å². The highest BCUT2D eigenvalue weighted by Crippen LogP contribution is 2.32. The summed E-state index contributed by atoms with van der Waals surface area (Å²) in [5, 5.41) is 2.98. The molecule has 2 aromatic rings. The highest BCUT2D eigenvalue weighted by molar-refractivity contribution is 8.18. The number of hydrogen-bond acceptors (Lipinski definition) is 6. The summed E-state index contributed by atoms with van der Waals surface area (Å²) in [4.78, 5) is 42.0. The van der Waals surface area contributed by atoms with Crippen LogP contribution in [0.4, 0.5) is 9.18 Å². The van der Waals surface area contributed by atoms with Crippen LogP contribution in [-0.2, 0) is 4.79 Å². The second kappa shape index (κ2) is 7.79. The summed E-state index contributed by atoms with van der Waals surface area (Å²) >= 11 is 2.02. The Hall–Kier alpha value is -2.52. The molecule has 9 heteroatoms. The average molecular weight is 391 g/mol. The smallest absolute Gasteiger partial charge is 0.293 e. The van der Waals surface area contributed by atoms with Crippen molar-refractivity contribution in [1.29, 1.82) is 0 Å². The lowest BCUT2D eigenvalue weighted by Crippen LogP contribution is -2.37. The van der Waals surface area contributed by atoms with Crippen LogP contribution in [0.2, 0.25) is 0 Å². The van der Waals surface area contributed by atoms with Crippen LogP contribution in [0.3, 0.4) is 0 Å². The summed E-state index contributed by atoms with van der Waals surface area (Å²) in [5.74, 6) is -1.26. The van der Waals surface area contributed by atoms with Gasteiger partial charge < -0.3 is 5.32 Å². The molecule has 0 unspecified atom stereocenters. The molecule has 1 fully saturated rings. The lowest BCUT2D eigenvalue weighted by molar-refractivity contribution is -0.122. The SMILES string of the molecule is Cc1ncc(C(=O)NCCN2C(=O)S/C(=C\c3ccccc3F)C2=O)s1. The Morgan fingerprint density at radius 2 is 2.12 bits per heavy atom. The van der Waals surface area contributed by atoms with Crippen molar-refractivity contribution in [2.75, 3.05) is 13.1 Å². The molecule has 26 heavy (non-hydrogen) atoms. The molecule has 2 heterocycles. The van der Waals surface area contributed by atoms with Crippen LogP contribution in [0.15, 0.2) is 35.4 Å². The van der Waals surface area contributed by atoms with E-state index in [4.69, 9.17) is 0 Å². The highest BCUT2D eigenvalue weighted by atomic mass is 32.2. The first-order valence-electron chi connectivity index (χ1n) is 7.66. The number of thiazole rings is 1. The fraction of sp³-hybridized carbons (Fsp3) is 0.176. The van der Waals surface area contributed by atoms with Gasteiger partial charge >= 0.3 is 0 Å². The fourth-order valence-electron chi connectivity index (χ4n) is 2.26. The van der Waals surface area contributed by atoms with Crippen LogP contribution in [0.25, 0.3) is 6.08 Å². The van der Waals surface area contributed by atoms with Crippen molar-refractivity contribution >= 4 is 46.2 Å². The number of nitrogens with one attached hydrogen (secondary N) is 1. The van der Waals surface area contributed by atoms with Crippen molar-refractivity contribution in [3.63, 3.8) is 0 Å². The van der Waals surface area contributed by atoms with Gasteiger partial charge in [-0.15, -0.1) is 11.3 Å². The third kappa shape index (κ3) is 4.00. The molecular weight excluding hydrogens is 377 g/mol. The molecule has 134 valence electrons. The average Bonchev–Trinajstić information content (AvgIpc) is 3.15. The second-order valence-corrected chi connectivity index (χ2v) is 7.58. The molecular formula is C17H14FN3O3S2. The van der Waals surface area contributed by atoms with E-state index in [-0.39, 0.29) is 29.5 Å². The van der Waals surface area contributed by atoms with Gasteiger partial charge in [-0.05, 0) is 30.8 Å². The molecule has 1 aromatic heterocycles. The number of hydrogen-bond donors (Lipinski definition) is 1. The van der Waals surface area contributed by atoms with Gasteiger partial charge in [-0.3, -0.25) is 19.3 Å². The lowest BCUT2D eigenvalue weighted by Gasteiger charge is -2.12. The zero-order valence-electron chi connectivity index (χ0n) is 13.7. The highest BCUT2D eigenvalue weighted by Gasteiger charge is 2.34. The van der Waals surface area contributed by atoms with Crippen LogP contribution in [0.1, 0.15) is 20.2 Å². The van der Waals surface area contributed by atoms with Crippen molar-refractivity contribution in [3.8, 4) is 0 Å². The van der Waals surface area contributed by atoms with Gasteiger partial charge in [-0.1, -0.05) is 18.2 Å². The molecule has 1 aromatic carbocycles. The van der Waals surface area contributed by atoms with Crippen molar-refractivity contribution in [1.82, 2.24) is 15.2 Å². The van der Waals surface area contributed by atoms with Crippen molar-refractivity contribution in [2.45, 2.75) is 6.92 Å². The number of benzene rings is 1. The summed E-state index contributed by atoms with van der Waals surface area (Å²) in [6.45, 7) is 1.97. The molecule has 1 saturated heterocycles. The predicted molar refractivity (Wildman–Crippen MR) is 98.3 cm³/mol. The molecule has 0 radical (unpaired) electrons. The van der Waals surface area contributed by atoms with Gasteiger partial charge in [0.1, 0.15) is 10.7 Å². The molecule has 1 aliphatic heterocycles. The first-order chi connectivity index (χ1) is 12.5. The number of amides is 3. The van der Waals surface area contributed by atoms with Gasteiger partial charge in [0, 0.05) is 18.7 Å². The summed E-state index contributed by atoms with van der Waals surface area (Å²) in [6.07, 6.45) is 2.84. The van der Waals surface area contributed by atoms with E-state index in [1.165, 1.54) is 35.7 Å². The predicted octanol–water partition coefficient (Wildman–Crippen LogP) is 3.06. The van der Waals surface area contributed by atoms with E-state index in [0.29, 0.717) is 4.88 Å². The minimum atomic E-state index is -0.494. The molecule has 6 nitrogen and oxygen atoms in total. The number of rotatable bonds is 5.